The maximum Gasteiger partial charge on any atom is 0.268 e. The third-order valence-electron chi connectivity index (χ3n) is 6.15. The topological polar surface area (TPSA) is 97.8 Å². The number of pyridine rings is 1. The second-order valence-corrected chi connectivity index (χ2v) is 9.09. The van der Waals surface area contributed by atoms with Gasteiger partial charge in [0.05, 0.1) is 18.4 Å². The van der Waals surface area contributed by atoms with Crippen molar-refractivity contribution < 1.29 is 4.79 Å². The molecule has 1 aliphatic rings. The van der Waals surface area contributed by atoms with E-state index in [9.17, 15) is 4.79 Å². The molecule has 0 radical (unpaired) electrons. The molecule has 1 fully saturated rings. The SMILES string of the molecule is CCn1c(C(=O)NC2CC2)cc2c3c(ncn3C)c(Nc3cc(C)n(CCN(C)C)n3)nc21. The summed E-state index contributed by atoms with van der Waals surface area (Å²) < 4.78 is 5.95. The van der Waals surface area contributed by atoms with Crippen LogP contribution in [0.4, 0.5) is 11.6 Å². The van der Waals surface area contributed by atoms with Crippen molar-refractivity contribution in [3.8, 4) is 0 Å². The zero-order valence-corrected chi connectivity index (χ0v) is 19.9. The summed E-state index contributed by atoms with van der Waals surface area (Å²) in [6, 6.07) is 4.26. The Hall–Kier alpha value is -3.40. The number of aromatic nitrogens is 6. The number of carbonyl (C=O) groups is 1. The fourth-order valence-corrected chi connectivity index (χ4v) is 4.21. The Bertz CT molecular complexity index is 1340. The molecule has 1 aliphatic carbocycles. The molecule has 33 heavy (non-hydrogen) atoms. The molecule has 0 atom stereocenters. The summed E-state index contributed by atoms with van der Waals surface area (Å²) in [5, 5.41) is 12.1. The van der Waals surface area contributed by atoms with Gasteiger partial charge in [0, 0.05) is 43.3 Å². The van der Waals surface area contributed by atoms with Gasteiger partial charge in [0.15, 0.2) is 11.6 Å². The molecule has 4 aromatic rings. The summed E-state index contributed by atoms with van der Waals surface area (Å²) in [5.74, 6) is 1.32. The van der Waals surface area contributed by atoms with Crippen molar-refractivity contribution >= 4 is 39.6 Å². The molecule has 0 spiro atoms. The monoisotopic (exact) mass is 449 g/mol. The zero-order chi connectivity index (χ0) is 23.3. The largest absolute Gasteiger partial charge is 0.348 e. The van der Waals surface area contributed by atoms with Crippen LogP contribution in [0.1, 0.15) is 35.9 Å². The van der Waals surface area contributed by atoms with E-state index in [1.54, 1.807) is 6.33 Å². The van der Waals surface area contributed by atoms with Crippen molar-refractivity contribution in [3.63, 3.8) is 0 Å². The lowest BCUT2D eigenvalue weighted by molar-refractivity contribution is 0.0942. The fourth-order valence-electron chi connectivity index (χ4n) is 4.21. The number of fused-ring (bicyclic) bond motifs is 3. The second-order valence-electron chi connectivity index (χ2n) is 9.09. The summed E-state index contributed by atoms with van der Waals surface area (Å²) in [6.07, 6.45) is 3.89. The number of nitrogens with one attached hydrogen (secondary N) is 2. The summed E-state index contributed by atoms with van der Waals surface area (Å²) >= 11 is 0. The van der Waals surface area contributed by atoms with Crippen molar-refractivity contribution in [1.29, 1.82) is 0 Å². The van der Waals surface area contributed by atoms with E-state index in [1.165, 1.54) is 0 Å². The summed E-state index contributed by atoms with van der Waals surface area (Å²) in [6.45, 7) is 6.45. The van der Waals surface area contributed by atoms with Crippen LogP contribution in [-0.4, -0.2) is 66.4 Å². The van der Waals surface area contributed by atoms with Gasteiger partial charge >= 0.3 is 0 Å². The molecule has 2 N–H and O–H groups in total. The predicted octanol–water partition coefficient (Wildman–Crippen LogP) is 2.65. The predicted molar refractivity (Wildman–Crippen MR) is 129 cm³/mol. The lowest BCUT2D eigenvalue weighted by Crippen LogP contribution is -2.27. The van der Waals surface area contributed by atoms with Crippen LogP contribution in [0.5, 0.6) is 0 Å². The Balaban J connectivity index is 1.58. The van der Waals surface area contributed by atoms with Crippen molar-refractivity contribution in [2.75, 3.05) is 26.0 Å². The third kappa shape index (κ3) is 3.95. The number of nitrogens with zero attached hydrogens (tertiary/aromatic N) is 7. The molecule has 0 aromatic carbocycles. The number of imidazole rings is 1. The van der Waals surface area contributed by atoms with Crippen LogP contribution in [0.25, 0.3) is 22.1 Å². The first-order valence-corrected chi connectivity index (χ1v) is 11.5. The van der Waals surface area contributed by atoms with Crippen LogP contribution in [0, 0.1) is 6.92 Å². The minimum absolute atomic E-state index is 0.0440. The first-order valence-electron chi connectivity index (χ1n) is 11.5. The first-order chi connectivity index (χ1) is 15.9. The number of carbonyl (C=O) groups excluding carboxylic acids is 1. The molecule has 10 nitrogen and oxygen atoms in total. The average Bonchev–Trinajstić information content (AvgIpc) is 3.22. The number of anilines is 2. The Kier molecular flexibility index (Phi) is 5.32. The highest BCUT2D eigenvalue weighted by Gasteiger charge is 2.27. The van der Waals surface area contributed by atoms with E-state index >= 15 is 0 Å². The molecule has 1 amide bonds. The van der Waals surface area contributed by atoms with Crippen LogP contribution in [0.3, 0.4) is 0 Å². The van der Waals surface area contributed by atoms with Crippen LogP contribution in [-0.2, 0) is 20.1 Å². The summed E-state index contributed by atoms with van der Waals surface area (Å²) in [7, 11) is 6.07. The normalized spacial score (nSPS) is 14.0. The van der Waals surface area contributed by atoms with Gasteiger partial charge in [0.25, 0.3) is 5.91 Å². The Labute approximate surface area is 192 Å². The van der Waals surface area contributed by atoms with Crippen LogP contribution < -0.4 is 10.6 Å². The van der Waals surface area contributed by atoms with Crippen LogP contribution in [0.15, 0.2) is 18.5 Å². The van der Waals surface area contributed by atoms with Gasteiger partial charge in [0.2, 0.25) is 0 Å². The van der Waals surface area contributed by atoms with E-state index < -0.39 is 0 Å². The van der Waals surface area contributed by atoms with Gasteiger partial charge in [-0.25, -0.2) is 9.97 Å². The smallest absolute Gasteiger partial charge is 0.268 e. The Morgan fingerprint density at radius 3 is 2.76 bits per heavy atom. The maximum atomic E-state index is 12.9. The lowest BCUT2D eigenvalue weighted by atomic mass is 10.2. The minimum Gasteiger partial charge on any atom is -0.348 e. The van der Waals surface area contributed by atoms with E-state index in [2.05, 4.69) is 34.6 Å². The van der Waals surface area contributed by atoms with Gasteiger partial charge in [0.1, 0.15) is 16.9 Å². The number of rotatable bonds is 8. The lowest BCUT2D eigenvalue weighted by Gasteiger charge is -2.10. The highest BCUT2D eigenvalue weighted by Crippen LogP contribution is 2.32. The van der Waals surface area contributed by atoms with Gasteiger partial charge in [-0.2, -0.15) is 5.10 Å². The maximum absolute atomic E-state index is 12.9. The second kappa shape index (κ2) is 8.18. The van der Waals surface area contributed by atoms with E-state index in [0.29, 0.717) is 24.1 Å². The molecular formula is C23H31N9O. The number of likely N-dealkylation sites (N-methyl/N-ethyl adjacent to an activating group) is 1. The molecule has 10 heteroatoms. The number of hydrogen-bond acceptors (Lipinski definition) is 6. The van der Waals surface area contributed by atoms with Crippen molar-refractivity contribution in [2.45, 2.75) is 45.8 Å². The molecule has 5 rings (SSSR count). The van der Waals surface area contributed by atoms with Gasteiger partial charge in [-0.1, -0.05) is 0 Å². The van der Waals surface area contributed by atoms with Crippen molar-refractivity contribution in [2.24, 2.45) is 7.05 Å². The van der Waals surface area contributed by atoms with Gasteiger partial charge in [-0.05, 0) is 46.9 Å². The summed E-state index contributed by atoms with van der Waals surface area (Å²) in [4.78, 5) is 24.6. The molecule has 4 heterocycles. The van der Waals surface area contributed by atoms with E-state index in [0.717, 1.165) is 59.5 Å². The molecule has 4 aromatic heterocycles. The van der Waals surface area contributed by atoms with Crippen molar-refractivity contribution in [3.05, 3.63) is 29.8 Å². The van der Waals surface area contributed by atoms with Crippen molar-refractivity contribution in [1.82, 2.24) is 39.1 Å². The number of aryl methyl sites for hydroxylation is 3. The number of hydrogen-bond donors (Lipinski definition) is 2. The first kappa shape index (κ1) is 21.4. The molecule has 174 valence electrons. The molecular weight excluding hydrogens is 418 g/mol. The fraction of sp³-hybridized carbons (Fsp3) is 0.478. The number of amides is 1. The molecule has 0 aliphatic heterocycles. The van der Waals surface area contributed by atoms with E-state index in [4.69, 9.17) is 10.1 Å². The highest BCUT2D eigenvalue weighted by atomic mass is 16.2. The molecule has 0 saturated heterocycles. The minimum atomic E-state index is -0.0440. The Morgan fingerprint density at radius 1 is 1.27 bits per heavy atom. The quantitative estimate of drug-likeness (QED) is 0.429. The summed E-state index contributed by atoms with van der Waals surface area (Å²) in [5.41, 5.74) is 4.18. The van der Waals surface area contributed by atoms with Gasteiger partial charge in [-0.3, -0.25) is 9.48 Å². The van der Waals surface area contributed by atoms with Crippen LogP contribution in [0.2, 0.25) is 0 Å². The van der Waals surface area contributed by atoms with Gasteiger partial charge in [-0.15, -0.1) is 0 Å². The zero-order valence-electron chi connectivity index (χ0n) is 19.9. The third-order valence-corrected chi connectivity index (χ3v) is 6.15. The van der Waals surface area contributed by atoms with Crippen LogP contribution >= 0.6 is 0 Å². The molecule has 0 unspecified atom stereocenters. The molecule has 0 bridgehead atoms. The van der Waals surface area contributed by atoms with Gasteiger partial charge < -0.3 is 24.7 Å². The molecule has 1 saturated carbocycles. The van der Waals surface area contributed by atoms with E-state index in [1.807, 2.05) is 46.8 Å². The average molecular weight is 450 g/mol. The highest BCUT2D eigenvalue weighted by molar-refractivity contribution is 6.10. The Morgan fingerprint density at radius 2 is 2.06 bits per heavy atom. The standard InChI is InChI=1S/C23H31N9O/c1-6-31-17(23(33)25-15-7-8-15)12-16-20-19(24-13-30(20)5)21(27-22(16)31)26-18-11-14(2)32(28-18)10-9-29(3)4/h11-13,15H,6-10H2,1-5H3,(H,25,33)(H,26,27,28). The van der Waals surface area contributed by atoms with E-state index in [-0.39, 0.29) is 5.91 Å².